The van der Waals surface area contributed by atoms with Gasteiger partial charge in [0.25, 0.3) is 0 Å². The number of ether oxygens (including phenoxy) is 2. The summed E-state index contributed by atoms with van der Waals surface area (Å²) in [5.74, 6) is 0.557. The average molecular weight is 326 g/mol. The molecule has 1 N–H and O–H groups in total. The molecule has 126 valence electrons. The molecule has 2 aromatic rings. The van der Waals surface area contributed by atoms with Gasteiger partial charge in [-0.15, -0.1) is 0 Å². The van der Waals surface area contributed by atoms with Gasteiger partial charge in [0.1, 0.15) is 11.5 Å². The molecule has 3 rings (SSSR count). The summed E-state index contributed by atoms with van der Waals surface area (Å²) in [6.07, 6.45) is 0.162. The summed E-state index contributed by atoms with van der Waals surface area (Å²) in [5.41, 5.74) is 1.92. The monoisotopic (exact) mass is 326 g/mol. The van der Waals surface area contributed by atoms with Crippen LogP contribution in [0.5, 0.6) is 11.5 Å². The Labute approximate surface area is 142 Å². The lowest BCUT2D eigenvalue weighted by Crippen LogP contribution is -2.27. The first-order valence-corrected chi connectivity index (χ1v) is 8.25. The van der Waals surface area contributed by atoms with Gasteiger partial charge in [-0.1, -0.05) is 44.2 Å². The number of fused-ring (bicyclic) bond motifs is 1. The normalized spacial score (nSPS) is 19.5. The van der Waals surface area contributed by atoms with Crippen LogP contribution in [0.2, 0.25) is 0 Å². The summed E-state index contributed by atoms with van der Waals surface area (Å²) in [5, 5.41) is 10.7. The third-order valence-corrected chi connectivity index (χ3v) is 4.23. The van der Waals surface area contributed by atoms with Crippen molar-refractivity contribution in [3.63, 3.8) is 0 Å². The van der Waals surface area contributed by atoms with E-state index in [1.165, 1.54) is 5.56 Å². The fraction of sp³-hybridized carbons (Fsp3) is 0.350. The minimum absolute atomic E-state index is 0.00367. The molecule has 24 heavy (non-hydrogen) atoms. The van der Waals surface area contributed by atoms with Gasteiger partial charge in [0.05, 0.1) is 18.6 Å². The molecule has 4 heteroatoms. The second-order valence-corrected chi connectivity index (χ2v) is 6.48. The standard InChI is InChI=1S/C20H22O4/c1-13(2)20(22)24-16-8-9-17-18(11-16)23-12-15(19(17)21)10-14-6-4-3-5-7-14/h3-9,11,13,15,19,21H,10,12H2,1-2H3. The number of hydrogen-bond donors (Lipinski definition) is 1. The van der Waals surface area contributed by atoms with E-state index in [-0.39, 0.29) is 17.8 Å². The second kappa shape index (κ2) is 7.05. The highest BCUT2D eigenvalue weighted by atomic mass is 16.5. The van der Waals surface area contributed by atoms with Gasteiger partial charge in [-0.05, 0) is 24.1 Å². The van der Waals surface area contributed by atoms with E-state index in [2.05, 4.69) is 12.1 Å². The molecule has 2 aromatic carbocycles. The van der Waals surface area contributed by atoms with Gasteiger partial charge < -0.3 is 14.6 Å². The first kappa shape index (κ1) is 16.5. The van der Waals surface area contributed by atoms with Crippen molar-refractivity contribution in [1.82, 2.24) is 0 Å². The average Bonchev–Trinajstić information content (AvgIpc) is 2.58. The predicted molar refractivity (Wildman–Crippen MR) is 91.0 cm³/mol. The Morgan fingerprint density at radius 1 is 1.25 bits per heavy atom. The van der Waals surface area contributed by atoms with Crippen LogP contribution >= 0.6 is 0 Å². The summed E-state index contributed by atoms with van der Waals surface area (Å²) in [6.45, 7) is 4.01. The van der Waals surface area contributed by atoms with E-state index in [1.807, 2.05) is 18.2 Å². The van der Waals surface area contributed by atoms with E-state index in [9.17, 15) is 9.90 Å². The molecule has 0 saturated carbocycles. The van der Waals surface area contributed by atoms with Crippen molar-refractivity contribution in [3.05, 3.63) is 59.7 Å². The Morgan fingerprint density at radius 2 is 2.00 bits per heavy atom. The van der Waals surface area contributed by atoms with Gasteiger partial charge in [-0.2, -0.15) is 0 Å². The van der Waals surface area contributed by atoms with Crippen molar-refractivity contribution in [2.24, 2.45) is 11.8 Å². The number of aliphatic hydroxyl groups excluding tert-OH is 1. The molecule has 0 saturated heterocycles. The van der Waals surface area contributed by atoms with Crippen LogP contribution in [0, 0.1) is 11.8 Å². The van der Waals surface area contributed by atoms with Crippen LogP contribution in [0.1, 0.15) is 31.1 Å². The third-order valence-electron chi connectivity index (χ3n) is 4.23. The quantitative estimate of drug-likeness (QED) is 0.690. The molecule has 0 fully saturated rings. The van der Waals surface area contributed by atoms with Crippen LogP contribution < -0.4 is 9.47 Å². The lowest BCUT2D eigenvalue weighted by Gasteiger charge is -2.30. The van der Waals surface area contributed by atoms with Gasteiger partial charge >= 0.3 is 5.97 Å². The number of esters is 1. The van der Waals surface area contributed by atoms with E-state index in [0.717, 1.165) is 12.0 Å². The van der Waals surface area contributed by atoms with Crippen LogP contribution in [0.15, 0.2) is 48.5 Å². The van der Waals surface area contributed by atoms with E-state index in [4.69, 9.17) is 9.47 Å². The lowest BCUT2D eigenvalue weighted by molar-refractivity contribution is -0.137. The highest BCUT2D eigenvalue weighted by molar-refractivity contribution is 5.74. The fourth-order valence-electron chi connectivity index (χ4n) is 2.81. The van der Waals surface area contributed by atoms with E-state index in [0.29, 0.717) is 18.1 Å². The van der Waals surface area contributed by atoms with E-state index < -0.39 is 6.10 Å². The summed E-state index contributed by atoms with van der Waals surface area (Å²) in [4.78, 5) is 11.7. The van der Waals surface area contributed by atoms with Crippen LogP contribution in [-0.2, 0) is 11.2 Å². The summed E-state index contributed by atoms with van der Waals surface area (Å²) < 4.78 is 11.1. The molecule has 0 bridgehead atoms. The smallest absolute Gasteiger partial charge is 0.313 e. The molecule has 0 spiro atoms. The van der Waals surface area contributed by atoms with Gasteiger partial charge in [0.2, 0.25) is 0 Å². The highest BCUT2D eigenvalue weighted by Gasteiger charge is 2.30. The molecule has 2 atom stereocenters. The second-order valence-electron chi connectivity index (χ2n) is 6.48. The van der Waals surface area contributed by atoms with Crippen molar-refractivity contribution in [2.75, 3.05) is 6.61 Å². The van der Waals surface area contributed by atoms with Gasteiger partial charge in [-0.25, -0.2) is 0 Å². The minimum atomic E-state index is -0.594. The predicted octanol–water partition coefficient (Wildman–Crippen LogP) is 3.53. The largest absolute Gasteiger partial charge is 0.493 e. The maximum absolute atomic E-state index is 11.7. The van der Waals surface area contributed by atoms with E-state index >= 15 is 0 Å². The number of aliphatic hydroxyl groups is 1. The Balaban J connectivity index is 1.74. The first-order chi connectivity index (χ1) is 11.5. The fourth-order valence-corrected chi connectivity index (χ4v) is 2.81. The number of carbonyl (C=O) groups is 1. The molecule has 0 aromatic heterocycles. The highest BCUT2D eigenvalue weighted by Crippen LogP contribution is 2.38. The SMILES string of the molecule is CC(C)C(=O)Oc1ccc2c(c1)OCC(Cc1ccccc1)C2O. The number of hydrogen-bond acceptors (Lipinski definition) is 4. The first-order valence-electron chi connectivity index (χ1n) is 8.25. The van der Waals surface area contributed by atoms with Gasteiger partial charge in [-0.3, -0.25) is 4.79 Å². The molecule has 0 aliphatic carbocycles. The van der Waals surface area contributed by atoms with Crippen LogP contribution in [0.3, 0.4) is 0 Å². The molecule has 0 radical (unpaired) electrons. The minimum Gasteiger partial charge on any atom is -0.493 e. The van der Waals surface area contributed by atoms with Crippen molar-refractivity contribution < 1.29 is 19.4 Å². The topological polar surface area (TPSA) is 55.8 Å². The summed E-state index contributed by atoms with van der Waals surface area (Å²) >= 11 is 0. The van der Waals surface area contributed by atoms with Crippen molar-refractivity contribution in [2.45, 2.75) is 26.4 Å². The third kappa shape index (κ3) is 3.60. The number of carbonyl (C=O) groups excluding carboxylic acids is 1. The lowest BCUT2D eigenvalue weighted by atomic mass is 9.88. The Hall–Kier alpha value is -2.33. The molecular formula is C20H22O4. The zero-order chi connectivity index (χ0) is 17.1. The van der Waals surface area contributed by atoms with E-state index in [1.54, 1.807) is 32.0 Å². The molecule has 0 amide bonds. The molecule has 4 nitrogen and oxygen atoms in total. The van der Waals surface area contributed by atoms with Crippen molar-refractivity contribution in [1.29, 1.82) is 0 Å². The zero-order valence-electron chi connectivity index (χ0n) is 13.9. The van der Waals surface area contributed by atoms with Gasteiger partial charge in [0.15, 0.2) is 0 Å². The van der Waals surface area contributed by atoms with Crippen molar-refractivity contribution >= 4 is 5.97 Å². The Kier molecular flexibility index (Phi) is 4.86. The molecule has 1 aliphatic heterocycles. The molecule has 1 heterocycles. The molecule has 2 unspecified atom stereocenters. The van der Waals surface area contributed by atoms with Crippen LogP contribution in [-0.4, -0.2) is 17.7 Å². The number of rotatable bonds is 4. The Morgan fingerprint density at radius 3 is 2.71 bits per heavy atom. The van der Waals surface area contributed by atoms with Crippen LogP contribution in [0.4, 0.5) is 0 Å². The maximum atomic E-state index is 11.7. The molecule has 1 aliphatic rings. The van der Waals surface area contributed by atoms with Gasteiger partial charge in [0, 0.05) is 17.5 Å². The van der Waals surface area contributed by atoms with Crippen LogP contribution in [0.25, 0.3) is 0 Å². The summed E-state index contributed by atoms with van der Waals surface area (Å²) in [7, 11) is 0. The van der Waals surface area contributed by atoms with Crippen molar-refractivity contribution in [3.8, 4) is 11.5 Å². The molecular weight excluding hydrogens is 304 g/mol. The zero-order valence-corrected chi connectivity index (χ0v) is 13.9. The Bertz CT molecular complexity index is 709. The maximum Gasteiger partial charge on any atom is 0.313 e. The summed E-state index contributed by atoms with van der Waals surface area (Å²) in [6, 6.07) is 15.2. The number of benzene rings is 2.